The monoisotopic (exact) mass is 496 g/mol. The van der Waals surface area contributed by atoms with E-state index in [4.69, 9.17) is 28.4 Å². The quantitative estimate of drug-likeness (QED) is 0.309. The fraction of sp³-hybridized carbons (Fsp3) is 0.370. The van der Waals surface area contributed by atoms with Crippen molar-refractivity contribution in [1.29, 1.82) is 0 Å². The first kappa shape index (κ1) is 25.6. The number of hydrogen-bond donors (Lipinski definition) is 0. The van der Waals surface area contributed by atoms with Crippen LogP contribution in [0.4, 0.5) is 0 Å². The summed E-state index contributed by atoms with van der Waals surface area (Å²) in [6.07, 6.45) is -2.43. The van der Waals surface area contributed by atoms with Gasteiger partial charge < -0.3 is 28.4 Å². The Morgan fingerprint density at radius 1 is 0.917 bits per heavy atom. The summed E-state index contributed by atoms with van der Waals surface area (Å²) >= 11 is 0. The topological polar surface area (TPSA) is 107 Å². The van der Waals surface area contributed by atoms with E-state index in [9.17, 15) is 14.4 Å². The minimum absolute atomic E-state index is 0.173. The standard InChI is InChI=1S/C27H28O9/c1-4-31-21(28)15-19-22(34-26-23(19)35-27(2,3)36-26)20(33-25(30)18-13-9-6-10-14-18)16-32-24(29)17-11-7-5-8-12-17/h5-15,20,22-23,26H,4,16H2,1-3H3/b19-15-/t20-,22+,23-,26-/m1/s1. The van der Waals surface area contributed by atoms with E-state index in [0.717, 1.165) is 0 Å². The fourth-order valence-corrected chi connectivity index (χ4v) is 4.00. The highest BCUT2D eigenvalue weighted by Gasteiger charge is 2.54. The molecule has 0 unspecified atom stereocenters. The molecule has 2 heterocycles. The molecule has 2 fully saturated rings. The van der Waals surface area contributed by atoms with Crippen molar-refractivity contribution in [2.75, 3.05) is 13.2 Å². The number of rotatable bonds is 8. The number of carbonyl (C=O) groups excluding carboxylic acids is 3. The molecule has 190 valence electrons. The lowest BCUT2D eigenvalue weighted by molar-refractivity contribution is -0.210. The summed E-state index contributed by atoms with van der Waals surface area (Å²) < 4.78 is 34.2. The van der Waals surface area contributed by atoms with E-state index in [0.29, 0.717) is 16.7 Å². The van der Waals surface area contributed by atoms with Crippen LogP contribution in [0.2, 0.25) is 0 Å². The van der Waals surface area contributed by atoms with E-state index in [1.54, 1.807) is 81.4 Å². The molecule has 2 saturated heterocycles. The van der Waals surface area contributed by atoms with E-state index in [2.05, 4.69) is 0 Å². The lowest BCUT2D eigenvalue weighted by atomic mass is 10.0. The molecule has 2 aliphatic heterocycles. The van der Waals surface area contributed by atoms with Crippen LogP contribution in [0.5, 0.6) is 0 Å². The van der Waals surface area contributed by atoms with Gasteiger partial charge in [0.15, 0.2) is 18.2 Å². The molecule has 0 aromatic heterocycles. The van der Waals surface area contributed by atoms with Gasteiger partial charge in [0.1, 0.15) is 18.8 Å². The third kappa shape index (κ3) is 5.99. The molecule has 2 aromatic rings. The molecule has 0 bridgehead atoms. The molecule has 4 rings (SSSR count). The van der Waals surface area contributed by atoms with Gasteiger partial charge in [-0.25, -0.2) is 14.4 Å². The van der Waals surface area contributed by atoms with Crippen LogP contribution >= 0.6 is 0 Å². The van der Waals surface area contributed by atoms with Crippen LogP contribution in [-0.4, -0.2) is 61.5 Å². The van der Waals surface area contributed by atoms with Crippen LogP contribution in [0, 0.1) is 0 Å². The maximum atomic E-state index is 12.9. The highest BCUT2D eigenvalue weighted by Crippen LogP contribution is 2.42. The molecule has 9 nitrogen and oxygen atoms in total. The first-order valence-corrected chi connectivity index (χ1v) is 11.6. The largest absolute Gasteiger partial charge is 0.463 e. The van der Waals surface area contributed by atoms with Gasteiger partial charge in [0, 0.05) is 11.6 Å². The molecule has 0 saturated carbocycles. The second-order valence-corrected chi connectivity index (χ2v) is 8.65. The SMILES string of the molecule is CCOC(=O)/C=C1\[C@H]2OC(C)(C)O[C@H]2O[C@@H]1[C@@H](COC(=O)c1ccccc1)OC(=O)c1ccccc1. The molecule has 2 aromatic carbocycles. The van der Waals surface area contributed by atoms with Crippen molar-refractivity contribution in [3.05, 3.63) is 83.4 Å². The minimum Gasteiger partial charge on any atom is -0.463 e. The molecule has 2 aliphatic rings. The van der Waals surface area contributed by atoms with Crippen LogP contribution in [0.25, 0.3) is 0 Å². The Labute approximate surface area is 208 Å². The summed E-state index contributed by atoms with van der Waals surface area (Å²) in [5, 5.41) is 0. The lowest BCUT2D eigenvalue weighted by Crippen LogP contribution is -2.39. The van der Waals surface area contributed by atoms with Crippen molar-refractivity contribution in [3.8, 4) is 0 Å². The van der Waals surface area contributed by atoms with Crippen LogP contribution < -0.4 is 0 Å². The Kier molecular flexibility index (Phi) is 7.83. The Bertz CT molecular complexity index is 1110. The fourth-order valence-electron chi connectivity index (χ4n) is 4.00. The molecular weight excluding hydrogens is 468 g/mol. The minimum atomic E-state index is -1.10. The molecule has 9 heteroatoms. The normalized spacial score (nSPS) is 24.1. The number of benzene rings is 2. The van der Waals surface area contributed by atoms with Gasteiger partial charge in [-0.3, -0.25) is 0 Å². The van der Waals surface area contributed by atoms with Crippen molar-refractivity contribution < 1.29 is 42.8 Å². The van der Waals surface area contributed by atoms with Gasteiger partial charge >= 0.3 is 17.9 Å². The van der Waals surface area contributed by atoms with Crippen LogP contribution in [-0.2, 0) is 33.2 Å². The second-order valence-electron chi connectivity index (χ2n) is 8.65. The first-order chi connectivity index (χ1) is 17.3. The average Bonchev–Trinajstić information content (AvgIpc) is 3.34. The zero-order valence-electron chi connectivity index (χ0n) is 20.2. The first-order valence-electron chi connectivity index (χ1n) is 11.6. The summed E-state index contributed by atoms with van der Waals surface area (Å²) in [7, 11) is 0. The zero-order chi connectivity index (χ0) is 25.7. The number of carbonyl (C=O) groups is 3. The Hall–Kier alpha value is -3.53. The van der Waals surface area contributed by atoms with E-state index < -0.39 is 48.3 Å². The Morgan fingerprint density at radius 2 is 1.53 bits per heavy atom. The zero-order valence-corrected chi connectivity index (χ0v) is 20.2. The van der Waals surface area contributed by atoms with Crippen molar-refractivity contribution in [2.24, 2.45) is 0 Å². The molecule has 0 N–H and O–H groups in total. The number of esters is 3. The molecule has 4 atom stereocenters. The van der Waals surface area contributed by atoms with Gasteiger partial charge in [0.25, 0.3) is 0 Å². The third-order valence-electron chi connectivity index (χ3n) is 5.56. The van der Waals surface area contributed by atoms with E-state index >= 15 is 0 Å². The summed E-state index contributed by atoms with van der Waals surface area (Å²) in [5.41, 5.74) is 1.01. The second kappa shape index (κ2) is 11.0. The molecular formula is C27H28O9. The molecule has 0 radical (unpaired) electrons. The van der Waals surface area contributed by atoms with Gasteiger partial charge in [-0.1, -0.05) is 36.4 Å². The van der Waals surface area contributed by atoms with Crippen LogP contribution in [0.3, 0.4) is 0 Å². The maximum absolute atomic E-state index is 12.9. The number of hydrogen-bond acceptors (Lipinski definition) is 9. The predicted molar refractivity (Wildman–Crippen MR) is 126 cm³/mol. The highest BCUT2D eigenvalue weighted by molar-refractivity contribution is 5.90. The third-order valence-corrected chi connectivity index (χ3v) is 5.56. The van der Waals surface area contributed by atoms with Gasteiger partial charge in [0.05, 0.1) is 17.7 Å². The van der Waals surface area contributed by atoms with E-state index in [1.165, 1.54) is 6.08 Å². The lowest BCUT2D eigenvalue weighted by Gasteiger charge is -2.27. The molecule has 36 heavy (non-hydrogen) atoms. The molecule has 0 amide bonds. The Morgan fingerprint density at radius 3 is 2.14 bits per heavy atom. The summed E-state index contributed by atoms with van der Waals surface area (Å²) in [6.45, 7) is 4.97. The van der Waals surface area contributed by atoms with Gasteiger partial charge in [0.2, 0.25) is 0 Å². The molecule has 0 aliphatic carbocycles. The molecule has 0 spiro atoms. The van der Waals surface area contributed by atoms with Crippen LogP contribution in [0.1, 0.15) is 41.5 Å². The summed E-state index contributed by atoms with van der Waals surface area (Å²) in [4.78, 5) is 37.9. The predicted octanol–water partition coefficient (Wildman–Crippen LogP) is 3.43. The number of fused-ring (bicyclic) bond motifs is 1. The highest BCUT2D eigenvalue weighted by atomic mass is 16.8. The van der Waals surface area contributed by atoms with E-state index in [-0.39, 0.29) is 13.2 Å². The van der Waals surface area contributed by atoms with Crippen molar-refractivity contribution in [3.63, 3.8) is 0 Å². The summed E-state index contributed by atoms with van der Waals surface area (Å²) in [5.74, 6) is -2.80. The Balaban J connectivity index is 1.61. The summed E-state index contributed by atoms with van der Waals surface area (Å²) in [6, 6.07) is 16.8. The van der Waals surface area contributed by atoms with E-state index in [1.807, 2.05) is 0 Å². The smallest absolute Gasteiger partial charge is 0.338 e. The average molecular weight is 497 g/mol. The van der Waals surface area contributed by atoms with Crippen molar-refractivity contribution in [2.45, 2.75) is 51.2 Å². The van der Waals surface area contributed by atoms with Crippen molar-refractivity contribution in [1.82, 2.24) is 0 Å². The van der Waals surface area contributed by atoms with Gasteiger partial charge in [-0.05, 0) is 45.0 Å². The van der Waals surface area contributed by atoms with Crippen LogP contribution in [0.15, 0.2) is 72.3 Å². The van der Waals surface area contributed by atoms with Gasteiger partial charge in [-0.2, -0.15) is 0 Å². The van der Waals surface area contributed by atoms with Crippen molar-refractivity contribution >= 4 is 17.9 Å². The maximum Gasteiger partial charge on any atom is 0.338 e. The number of ether oxygens (including phenoxy) is 6. The van der Waals surface area contributed by atoms with Gasteiger partial charge in [-0.15, -0.1) is 0 Å².